The van der Waals surface area contributed by atoms with E-state index in [0.29, 0.717) is 29.0 Å². The Morgan fingerprint density at radius 1 is 1.00 bits per heavy atom. The summed E-state index contributed by atoms with van der Waals surface area (Å²) in [6.45, 7) is 4.33. The first-order valence-corrected chi connectivity index (χ1v) is 8.88. The highest BCUT2D eigenvalue weighted by molar-refractivity contribution is 5.84. The topological polar surface area (TPSA) is 31.2 Å². The molecule has 0 fully saturated rings. The minimum atomic E-state index is -0.591. The molecule has 0 spiro atoms. The van der Waals surface area contributed by atoms with Crippen LogP contribution in [0.15, 0.2) is 77.7 Å². The molecule has 136 valence electrons. The molecule has 2 heterocycles. The van der Waals surface area contributed by atoms with Crippen molar-refractivity contribution in [3.8, 4) is 5.75 Å². The fraction of sp³-hybridized carbons (Fsp3) is 0.174. The van der Waals surface area contributed by atoms with Crippen molar-refractivity contribution in [2.45, 2.75) is 26.0 Å². The van der Waals surface area contributed by atoms with Crippen LogP contribution in [0.1, 0.15) is 30.5 Å². The fourth-order valence-corrected chi connectivity index (χ4v) is 3.41. The maximum atomic E-state index is 13.9. The smallest absolute Gasteiger partial charge is 0.258 e. The van der Waals surface area contributed by atoms with Gasteiger partial charge in [0.05, 0.1) is 6.54 Å². The van der Waals surface area contributed by atoms with Gasteiger partial charge in [-0.1, -0.05) is 30.3 Å². The van der Waals surface area contributed by atoms with Crippen LogP contribution in [-0.2, 0) is 6.54 Å². The minimum Gasteiger partial charge on any atom is -0.483 e. The van der Waals surface area contributed by atoms with Crippen LogP contribution in [0.5, 0.6) is 5.75 Å². The molecule has 3 aromatic rings. The second kappa shape index (κ2) is 6.54. The zero-order valence-corrected chi connectivity index (χ0v) is 15.3. The van der Waals surface area contributed by atoms with E-state index in [2.05, 4.69) is 0 Å². The number of hydrogen-bond acceptors (Lipinski definition) is 2. The third-order valence-electron chi connectivity index (χ3n) is 4.60. The minimum absolute atomic E-state index is 0.111. The number of halogens is 1. The van der Waals surface area contributed by atoms with Crippen molar-refractivity contribution in [1.29, 1.82) is 0 Å². The molecule has 3 nitrogen and oxygen atoms in total. The van der Waals surface area contributed by atoms with Crippen LogP contribution >= 0.6 is 0 Å². The van der Waals surface area contributed by atoms with Gasteiger partial charge in [-0.2, -0.15) is 0 Å². The summed E-state index contributed by atoms with van der Waals surface area (Å²) in [6.07, 6.45) is 3.66. The standard InChI is InChI=1S/C23H20FNO2/c1-23(2)14-20(19-13-17(24)10-11-21(19)27-23)18-9-6-12-25(22(18)26)15-16-7-4-3-5-8-16/h3-14H,15H2,1-2H3. The van der Waals surface area contributed by atoms with Crippen molar-refractivity contribution in [2.75, 3.05) is 0 Å². The average molecular weight is 361 g/mol. The highest BCUT2D eigenvalue weighted by Gasteiger charge is 2.28. The van der Waals surface area contributed by atoms with Gasteiger partial charge in [-0.25, -0.2) is 4.39 Å². The number of rotatable bonds is 3. The predicted octanol–water partition coefficient (Wildman–Crippen LogP) is 4.64. The molecule has 1 aliphatic heterocycles. The van der Waals surface area contributed by atoms with Crippen molar-refractivity contribution in [1.82, 2.24) is 4.57 Å². The number of aromatic nitrogens is 1. The van der Waals surface area contributed by atoms with Crippen molar-refractivity contribution >= 4 is 5.57 Å². The van der Waals surface area contributed by atoms with E-state index in [1.807, 2.05) is 56.3 Å². The van der Waals surface area contributed by atoms with Gasteiger partial charge in [-0.05, 0) is 61.4 Å². The van der Waals surface area contributed by atoms with Crippen LogP contribution in [0.4, 0.5) is 4.39 Å². The maximum absolute atomic E-state index is 13.9. The van der Waals surface area contributed by atoms with E-state index < -0.39 is 5.60 Å². The van der Waals surface area contributed by atoms with Gasteiger partial charge in [0.15, 0.2) is 0 Å². The fourth-order valence-electron chi connectivity index (χ4n) is 3.41. The van der Waals surface area contributed by atoms with E-state index in [1.54, 1.807) is 22.9 Å². The zero-order valence-electron chi connectivity index (χ0n) is 15.3. The molecule has 0 aliphatic carbocycles. The Balaban J connectivity index is 1.84. The van der Waals surface area contributed by atoms with Crippen LogP contribution in [0.2, 0.25) is 0 Å². The molecule has 4 rings (SSSR count). The quantitative estimate of drug-likeness (QED) is 0.681. The first-order chi connectivity index (χ1) is 12.9. The van der Waals surface area contributed by atoms with Crippen molar-refractivity contribution in [2.24, 2.45) is 0 Å². The third kappa shape index (κ3) is 3.43. The summed E-state index contributed by atoms with van der Waals surface area (Å²) in [6, 6.07) is 17.9. The van der Waals surface area contributed by atoms with E-state index in [1.165, 1.54) is 12.1 Å². The molecule has 1 aliphatic rings. The molecule has 0 atom stereocenters. The van der Waals surface area contributed by atoms with E-state index in [-0.39, 0.29) is 11.4 Å². The lowest BCUT2D eigenvalue weighted by Crippen LogP contribution is -2.31. The van der Waals surface area contributed by atoms with Crippen LogP contribution in [0, 0.1) is 5.82 Å². The summed E-state index contributed by atoms with van der Waals surface area (Å²) in [7, 11) is 0. The largest absolute Gasteiger partial charge is 0.483 e. The second-order valence-electron chi connectivity index (χ2n) is 7.24. The van der Waals surface area contributed by atoms with Crippen LogP contribution in [0.25, 0.3) is 5.57 Å². The summed E-state index contributed by atoms with van der Waals surface area (Å²) in [5.41, 5.74) is 2.19. The summed E-state index contributed by atoms with van der Waals surface area (Å²) in [5.74, 6) is 0.222. The predicted molar refractivity (Wildman–Crippen MR) is 104 cm³/mol. The third-order valence-corrected chi connectivity index (χ3v) is 4.60. The number of ether oxygens (including phenoxy) is 1. The lowest BCUT2D eigenvalue weighted by Gasteiger charge is -2.31. The Kier molecular flexibility index (Phi) is 4.19. The van der Waals surface area contributed by atoms with Crippen molar-refractivity contribution in [3.63, 3.8) is 0 Å². The highest BCUT2D eigenvalue weighted by Crippen LogP contribution is 2.38. The van der Waals surface area contributed by atoms with Gasteiger partial charge in [0.2, 0.25) is 0 Å². The molecule has 2 aromatic carbocycles. The van der Waals surface area contributed by atoms with Crippen molar-refractivity contribution in [3.05, 3.63) is 106 Å². The van der Waals surface area contributed by atoms with Gasteiger partial charge in [-0.3, -0.25) is 4.79 Å². The first-order valence-electron chi connectivity index (χ1n) is 8.88. The zero-order chi connectivity index (χ0) is 19.0. The van der Waals surface area contributed by atoms with Crippen LogP contribution in [0.3, 0.4) is 0 Å². The van der Waals surface area contributed by atoms with Gasteiger partial charge in [0, 0.05) is 17.3 Å². The Bertz CT molecular complexity index is 1080. The van der Waals surface area contributed by atoms with E-state index in [9.17, 15) is 9.18 Å². The van der Waals surface area contributed by atoms with Gasteiger partial charge < -0.3 is 9.30 Å². The normalized spacial score (nSPS) is 14.9. The Hall–Kier alpha value is -3.14. The molecule has 27 heavy (non-hydrogen) atoms. The lowest BCUT2D eigenvalue weighted by molar-refractivity contribution is 0.158. The summed E-state index contributed by atoms with van der Waals surface area (Å²) < 4.78 is 21.5. The molecule has 0 N–H and O–H groups in total. The number of benzene rings is 2. The summed E-state index contributed by atoms with van der Waals surface area (Å²) in [4.78, 5) is 13.2. The maximum Gasteiger partial charge on any atom is 0.258 e. The number of pyridine rings is 1. The van der Waals surface area contributed by atoms with E-state index in [0.717, 1.165) is 5.56 Å². The number of fused-ring (bicyclic) bond motifs is 1. The molecular weight excluding hydrogens is 341 g/mol. The van der Waals surface area contributed by atoms with E-state index >= 15 is 0 Å². The highest BCUT2D eigenvalue weighted by atomic mass is 19.1. The van der Waals surface area contributed by atoms with Crippen molar-refractivity contribution < 1.29 is 9.13 Å². The monoisotopic (exact) mass is 361 g/mol. The Morgan fingerprint density at radius 3 is 2.56 bits per heavy atom. The summed E-state index contributed by atoms with van der Waals surface area (Å²) >= 11 is 0. The van der Waals surface area contributed by atoms with E-state index in [4.69, 9.17) is 4.74 Å². The average Bonchev–Trinajstić information content (AvgIpc) is 2.64. The summed E-state index contributed by atoms with van der Waals surface area (Å²) in [5, 5.41) is 0. The molecular formula is C23H20FNO2. The molecule has 0 radical (unpaired) electrons. The molecule has 0 unspecified atom stereocenters. The van der Waals surface area contributed by atoms with Crippen LogP contribution in [-0.4, -0.2) is 10.2 Å². The molecule has 0 amide bonds. The second-order valence-corrected chi connectivity index (χ2v) is 7.24. The lowest BCUT2D eigenvalue weighted by atomic mass is 9.90. The molecule has 0 bridgehead atoms. The van der Waals surface area contributed by atoms with Gasteiger partial charge in [0.1, 0.15) is 17.2 Å². The molecule has 0 saturated carbocycles. The first kappa shape index (κ1) is 17.3. The van der Waals surface area contributed by atoms with Crippen LogP contribution < -0.4 is 10.3 Å². The number of nitrogens with zero attached hydrogens (tertiary/aromatic N) is 1. The molecule has 4 heteroatoms. The Labute approximate surface area is 157 Å². The SMILES string of the molecule is CC1(C)C=C(c2cccn(Cc3ccccc3)c2=O)c2cc(F)ccc2O1. The van der Waals surface area contributed by atoms with Gasteiger partial charge in [-0.15, -0.1) is 0 Å². The molecule has 0 saturated heterocycles. The molecule has 1 aromatic heterocycles. The van der Waals surface area contributed by atoms with Gasteiger partial charge >= 0.3 is 0 Å². The Morgan fingerprint density at radius 2 is 1.78 bits per heavy atom. The number of hydrogen-bond donors (Lipinski definition) is 0. The van der Waals surface area contributed by atoms with Gasteiger partial charge in [0.25, 0.3) is 5.56 Å².